The van der Waals surface area contributed by atoms with E-state index in [9.17, 15) is 28.8 Å². The zero-order valence-electron chi connectivity index (χ0n) is 41.9. The van der Waals surface area contributed by atoms with Gasteiger partial charge in [-0.2, -0.15) is 0 Å². The minimum absolute atomic E-state index is 0.00561. The Bertz CT molecular complexity index is 3560. The SMILES string of the molecule is CC(=O)c1c(C)c(C)cc2occ(B(O)O)c(=O)c12.COCOc1cc2c(cc1OCOC)C(=O)C(c1coc3cc(C)c(C)c(C(C)=O)c3c1=O)=C(C)C2.Cc1cc2c(=O)c(I)c(C)n(C)c2cc1C. The fraction of sp³-hybridized carbons (Fsp3) is 0.296. The zero-order chi connectivity index (χ0) is 52.5. The average molecular weight is 1080 g/mol. The van der Waals surface area contributed by atoms with E-state index >= 15 is 0 Å². The fourth-order valence-corrected chi connectivity index (χ4v) is 9.28. The van der Waals surface area contributed by atoms with Crippen molar-refractivity contribution in [2.45, 2.75) is 75.7 Å². The highest BCUT2D eigenvalue weighted by Crippen LogP contribution is 2.39. The van der Waals surface area contributed by atoms with Crippen LogP contribution in [0.15, 0.2) is 77.7 Å². The number of aromatic nitrogens is 1. The first kappa shape index (κ1) is 53.8. The van der Waals surface area contributed by atoms with E-state index in [4.69, 9.17) is 37.8 Å². The number of ether oxygens (including phenoxy) is 4. The number of carbonyl (C=O) groups excluding carboxylic acids is 3. The summed E-state index contributed by atoms with van der Waals surface area (Å²) >= 11 is 2.13. The molecule has 370 valence electrons. The van der Waals surface area contributed by atoms with Crippen molar-refractivity contribution in [1.29, 1.82) is 0 Å². The molecule has 4 aromatic carbocycles. The number of aryl methyl sites for hydroxylation is 5. The monoisotopic (exact) mass is 1080 g/mol. The van der Waals surface area contributed by atoms with E-state index in [-0.39, 0.29) is 74.9 Å². The molecule has 0 spiro atoms. The van der Waals surface area contributed by atoms with Crippen LogP contribution in [-0.2, 0) is 22.9 Å². The van der Waals surface area contributed by atoms with Gasteiger partial charge in [0.15, 0.2) is 47.9 Å². The van der Waals surface area contributed by atoms with Crippen molar-refractivity contribution in [1.82, 2.24) is 4.57 Å². The molecule has 8 rings (SSSR count). The van der Waals surface area contributed by atoms with Crippen LogP contribution >= 0.6 is 22.6 Å². The van der Waals surface area contributed by atoms with Crippen molar-refractivity contribution in [2.24, 2.45) is 7.05 Å². The summed E-state index contributed by atoms with van der Waals surface area (Å²) in [6, 6.07) is 10.8. The third-order valence-corrected chi connectivity index (χ3v) is 14.1. The number of hydrogen-bond donors (Lipinski definition) is 2. The van der Waals surface area contributed by atoms with Gasteiger partial charge < -0.3 is 42.4 Å². The molecule has 1 aliphatic rings. The molecule has 0 aliphatic heterocycles. The molecule has 0 fully saturated rings. The van der Waals surface area contributed by atoms with Crippen LogP contribution in [0.5, 0.6) is 11.5 Å². The molecule has 0 amide bonds. The van der Waals surface area contributed by atoms with Gasteiger partial charge >= 0.3 is 7.12 Å². The van der Waals surface area contributed by atoms with Crippen LogP contribution < -0.4 is 31.2 Å². The van der Waals surface area contributed by atoms with E-state index in [0.717, 1.165) is 43.1 Å². The highest BCUT2D eigenvalue weighted by atomic mass is 127. The Morgan fingerprint density at radius 1 is 0.676 bits per heavy atom. The molecular formula is C54H55BINO14. The van der Waals surface area contributed by atoms with Crippen molar-refractivity contribution >= 4 is 90.9 Å². The maximum Gasteiger partial charge on any atom is 0.495 e. The van der Waals surface area contributed by atoms with Crippen molar-refractivity contribution in [3.63, 3.8) is 0 Å². The smallest absolute Gasteiger partial charge is 0.464 e. The van der Waals surface area contributed by atoms with E-state index in [1.807, 2.05) is 40.8 Å². The Labute approximate surface area is 423 Å². The summed E-state index contributed by atoms with van der Waals surface area (Å²) in [6.07, 6.45) is 2.73. The first-order valence-electron chi connectivity index (χ1n) is 22.4. The first-order valence-corrected chi connectivity index (χ1v) is 23.4. The van der Waals surface area contributed by atoms with Gasteiger partial charge in [0, 0.05) is 54.6 Å². The Morgan fingerprint density at radius 2 is 1.18 bits per heavy atom. The number of fused-ring (bicyclic) bond motifs is 4. The molecule has 2 N–H and O–H groups in total. The number of pyridine rings is 1. The average Bonchev–Trinajstić information content (AvgIpc) is 3.31. The number of Topliss-reactive ketones (excluding diaryl/α,β-unsaturated/α-hetero) is 3. The summed E-state index contributed by atoms with van der Waals surface area (Å²) in [7, 11) is 3.07. The van der Waals surface area contributed by atoms with Crippen molar-refractivity contribution in [3.05, 3.63) is 156 Å². The topological polar surface area (TPSA) is 211 Å². The van der Waals surface area contributed by atoms with E-state index in [1.54, 1.807) is 45.0 Å². The molecule has 1 aliphatic carbocycles. The minimum atomic E-state index is -1.93. The highest BCUT2D eigenvalue weighted by molar-refractivity contribution is 14.1. The molecule has 3 aromatic heterocycles. The van der Waals surface area contributed by atoms with Gasteiger partial charge in [-0.05, 0) is 174 Å². The number of halogens is 1. The van der Waals surface area contributed by atoms with Gasteiger partial charge in [0.05, 0.1) is 37.1 Å². The number of rotatable bonds is 10. The Kier molecular flexibility index (Phi) is 16.6. The molecule has 7 aromatic rings. The van der Waals surface area contributed by atoms with E-state index < -0.39 is 18.0 Å². The van der Waals surface area contributed by atoms with Crippen LogP contribution in [0.25, 0.3) is 38.4 Å². The van der Waals surface area contributed by atoms with Gasteiger partial charge in [0.1, 0.15) is 17.4 Å². The molecule has 0 unspecified atom stereocenters. The van der Waals surface area contributed by atoms with Gasteiger partial charge in [-0.3, -0.25) is 28.8 Å². The number of allylic oxidation sites excluding steroid dienone is 2. The van der Waals surface area contributed by atoms with Gasteiger partial charge in [-0.15, -0.1) is 0 Å². The van der Waals surface area contributed by atoms with E-state index in [2.05, 4.69) is 40.1 Å². The predicted octanol–water partition coefficient (Wildman–Crippen LogP) is 8.15. The summed E-state index contributed by atoms with van der Waals surface area (Å²) < 4.78 is 35.2. The summed E-state index contributed by atoms with van der Waals surface area (Å²) in [5, 5.41) is 19.4. The first-order chi connectivity index (χ1) is 33.5. The number of ketones is 3. The second kappa shape index (κ2) is 21.9. The van der Waals surface area contributed by atoms with Crippen LogP contribution in [0.3, 0.4) is 0 Å². The molecule has 3 heterocycles. The molecular weight excluding hydrogens is 1020 g/mol. The zero-order valence-corrected chi connectivity index (χ0v) is 44.1. The normalized spacial score (nSPS) is 12.1. The Hall–Kier alpha value is -6.51. The molecule has 15 nitrogen and oxygen atoms in total. The quantitative estimate of drug-likeness (QED) is 0.0573. The molecule has 0 saturated heterocycles. The summed E-state index contributed by atoms with van der Waals surface area (Å²) in [5.74, 6) is -0.105. The lowest BCUT2D eigenvalue weighted by molar-refractivity contribution is 0.0321. The largest absolute Gasteiger partial charge is 0.495 e. The second-order valence-corrected chi connectivity index (χ2v) is 18.7. The number of methoxy groups -OCH3 is 2. The summed E-state index contributed by atoms with van der Waals surface area (Å²) in [6.45, 7) is 17.9. The third-order valence-electron chi connectivity index (χ3n) is 12.9. The summed E-state index contributed by atoms with van der Waals surface area (Å²) in [5.41, 5.74) is 9.77. The van der Waals surface area contributed by atoms with Gasteiger partial charge in [-0.25, -0.2) is 0 Å². The molecule has 0 atom stereocenters. The maximum atomic E-state index is 13.7. The molecule has 71 heavy (non-hydrogen) atoms. The second-order valence-electron chi connectivity index (χ2n) is 17.6. The molecule has 0 saturated carbocycles. The number of nitrogens with zero attached hydrogens (tertiary/aromatic N) is 1. The molecule has 0 radical (unpaired) electrons. The van der Waals surface area contributed by atoms with Crippen molar-refractivity contribution in [3.8, 4) is 11.5 Å². The van der Waals surface area contributed by atoms with Gasteiger partial charge in [0.2, 0.25) is 10.9 Å². The van der Waals surface area contributed by atoms with Crippen LogP contribution in [0, 0.1) is 52.0 Å². The number of hydrogen-bond acceptors (Lipinski definition) is 14. The standard InChI is InChI=1S/C28H28O8.C13H13BO5.C13H14INO/c1-14-8-23-26(25(16(14)3)17(4)29)28(31)20(11-34-23)24-15(2)7-18-9-21(35-12-32-5)22(36-13-33-6)10-19(18)27(24)30;1-6-4-10-12(11(7(6)2)8(3)15)13(16)9(5-19-10)14(17)18;1-7-5-10-11(6-8(7)2)15(4)9(3)12(14)13(10)16/h8-11H,7,12-13H2,1-6H3;4-5,17-18H,1-3H3;5-6H,1-4H3. The van der Waals surface area contributed by atoms with Crippen LogP contribution in [0.2, 0.25) is 0 Å². The maximum absolute atomic E-state index is 13.7. The molecule has 17 heteroatoms. The fourth-order valence-electron chi connectivity index (χ4n) is 8.63. The lowest BCUT2D eigenvalue weighted by Crippen LogP contribution is -2.41. The summed E-state index contributed by atoms with van der Waals surface area (Å²) in [4.78, 5) is 76.1. The number of benzene rings is 4. The lowest BCUT2D eigenvalue weighted by atomic mass is 9.80. The van der Waals surface area contributed by atoms with E-state index in [0.29, 0.717) is 51.3 Å². The van der Waals surface area contributed by atoms with Gasteiger partial charge in [0.25, 0.3) is 0 Å². The highest BCUT2D eigenvalue weighted by Gasteiger charge is 2.31. The Morgan fingerprint density at radius 3 is 1.70 bits per heavy atom. The van der Waals surface area contributed by atoms with Gasteiger partial charge in [-0.1, -0.05) is 5.57 Å². The number of carbonyl (C=O) groups is 3. The van der Waals surface area contributed by atoms with Crippen LogP contribution in [0.4, 0.5) is 0 Å². The predicted molar refractivity (Wildman–Crippen MR) is 282 cm³/mol. The molecule has 0 bridgehead atoms. The van der Waals surface area contributed by atoms with Crippen LogP contribution in [0.1, 0.15) is 102 Å². The van der Waals surface area contributed by atoms with Crippen LogP contribution in [-0.4, -0.2) is 66.9 Å². The minimum Gasteiger partial charge on any atom is -0.464 e. The van der Waals surface area contributed by atoms with Crippen molar-refractivity contribution < 1.29 is 52.2 Å². The van der Waals surface area contributed by atoms with E-state index in [1.165, 1.54) is 45.5 Å². The third kappa shape index (κ3) is 10.5. The lowest BCUT2D eigenvalue weighted by Gasteiger charge is -2.22. The Balaban J connectivity index is 0.000000196. The van der Waals surface area contributed by atoms with Crippen molar-refractivity contribution in [2.75, 3.05) is 27.8 Å².